The molecule has 1 saturated heterocycles. The van der Waals surface area contributed by atoms with Crippen LogP contribution in [0.25, 0.3) is 11.3 Å². The highest BCUT2D eigenvalue weighted by Gasteiger charge is 2.19. The van der Waals surface area contributed by atoms with E-state index in [4.69, 9.17) is 16.0 Å². The lowest BCUT2D eigenvalue weighted by molar-refractivity contribution is 0.226. The monoisotopic (exact) mass is 355 g/mol. The molecule has 3 aromatic rings. The predicted octanol–water partition coefficient (Wildman–Crippen LogP) is 3.11. The number of piperazine rings is 1. The normalized spacial score (nSPS) is 15.5. The molecule has 0 atom stereocenters. The van der Waals surface area contributed by atoms with Crippen LogP contribution in [0.1, 0.15) is 5.89 Å². The molecule has 0 unspecified atom stereocenters. The number of anilines is 1. The number of oxazole rings is 1. The van der Waals surface area contributed by atoms with Gasteiger partial charge in [-0.3, -0.25) is 9.88 Å². The van der Waals surface area contributed by atoms with E-state index in [1.54, 1.807) is 18.6 Å². The van der Waals surface area contributed by atoms with E-state index in [0.717, 1.165) is 49.2 Å². The number of hydrogen-bond acceptors (Lipinski definition) is 6. The van der Waals surface area contributed by atoms with Gasteiger partial charge in [0.05, 0.1) is 18.9 Å². The minimum absolute atomic E-state index is 0.710. The van der Waals surface area contributed by atoms with Crippen LogP contribution in [0.4, 0.5) is 5.82 Å². The standard InChI is InChI=1S/C18H18ClN5O/c19-15-3-1-14(2-4-15)16-11-22-18(25-16)13-23-7-9-24(10-8-23)17-12-20-5-6-21-17/h1-6,11-12H,7-10,13H2. The van der Waals surface area contributed by atoms with Crippen LogP contribution >= 0.6 is 11.6 Å². The summed E-state index contributed by atoms with van der Waals surface area (Å²) in [6.07, 6.45) is 7.00. The van der Waals surface area contributed by atoms with Crippen LogP contribution in [0, 0.1) is 0 Å². The maximum absolute atomic E-state index is 5.92. The molecule has 0 saturated carbocycles. The predicted molar refractivity (Wildman–Crippen MR) is 96.5 cm³/mol. The summed E-state index contributed by atoms with van der Waals surface area (Å²) in [6, 6.07) is 7.58. The number of halogens is 1. The van der Waals surface area contributed by atoms with Crippen molar-refractivity contribution in [3.05, 3.63) is 60.0 Å². The van der Waals surface area contributed by atoms with Gasteiger partial charge < -0.3 is 9.32 Å². The molecule has 0 N–H and O–H groups in total. The molecule has 0 amide bonds. The molecule has 1 aliphatic rings. The number of benzene rings is 1. The summed E-state index contributed by atoms with van der Waals surface area (Å²) < 4.78 is 5.89. The molecule has 1 aliphatic heterocycles. The Morgan fingerprint density at radius 1 is 0.960 bits per heavy atom. The Bertz CT molecular complexity index is 813. The summed E-state index contributed by atoms with van der Waals surface area (Å²) in [5.41, 5.74) is 0.982. The van der Waals surface area contributed by atoms with Crippen LogP contribution in [-0.2, 0) is 6.54 Å². The van der Waals surface area contributed by atoms with Gasteiger partial charge in [0.25, 0.3) is 0 Å². The third kappa shape index (κ3) is 3.81. The van der Waals surface area contributed by atoms with Gasteiger partial charge in [0, 0.05) is 49.2 Å². The zero-order valence-corrected chi connectivity index (χ0v) is 14.4. The molecule has 1 aromatic carbocycles. The smallest absolute Gasteiger partial charge is 0.209 e. The van der Waals surface area contributed by atoms with Crippen molar-refractivity contribution in [3.8, 4) is 11.3 Å². The second-order valence-corrected chi connectivity index (χ2v) is 6.39. The van der Waals surface area contributed by atoms with E-state index >= 15 is 0 Å². The van der Waals surface area contributed by atoms with Gasteiger partial charge in [0.15, 0.2) is 5.76 Å². The number of rotatable bonds is 4. The summed E-state index contributed by atoms with van der Waals surface area (Å²) in [5.74, 6) is 2.44. The van der Waals surface area contributed by atoms with Gasteiger partial charge in [-0.15, -0.1) is 0 Å². The van der Waals surface area contributed by atoms with Gasteiger partial charge in [0.1, 0.15) is 5.82 Å². The average Bonchev–Trinajstić information content (AvgIpc) is 3.12. The zero-order chi connectivity index (χ0) is 17.1. The summed E-state index contributed by atoms with van der Waals surface area (Å²) in [6.45, 7) is 4.43. The molecular formula is C18H18ClN5O. The van der Waals surface area contributed by atoms with Crippen molar-refractivity contribution in [2.45, 2.75) is 6.54 Å². The Hall–Kier alpha value is -2.44. The largest absolute Gasteiger partial charge is 0.439 e. The first-order valence-electron chi connectivity index (χ1n) is 8.22. The first-order valence-corrected chi connectivity index (χ1v) is 8.60. The Labute approximate surface area is 151 Å². The maximum Gasteiger partial charge on any atom is 0.209 e. The fourth-order valence-electron chi connectivity index (χ4n) is 2.91. The minimum Gasteiger partial charge on any atom is -0.439 e. The van der Waals surface area contributed by atoms with E-state index in [-0.39, 0.29) is 0 Å². The third-order valence-corrected chi connectivity index (χ3v) is 4.54. The van der Waals surface area contributed by atoms with E-state index in [1.807, 2.05) is 30.5 Å². The van der Waals surface area contributed by atoms with Gasteiger partial charge in [-0.25, -0.2) is 9.97 Å². The number of hydrogen-bond donors (Lipinski definition) is 0. The van der Waals surface area contributed by atoms with Crippen molar-refractivity contribution in [1.29, 1.82) is 0 Å². The van der Waals surface area contributed by atoms with E-state index in [1.165, 1.54) is 0 Å². The Morgan fingerprint density at radius 2 is 1.76 bits per heavy atom. The Balaban J connectivity index is 1.35. The Morgan fingerprint density at radius 3 is 2.48 bits per heavy atom. The molecular weight excluding hydrogens is 338 g/mol. The van der Waals surface area contributed by atoms with Crippen LogP contribution in [0.5, 0.6) is 0 Å². The second kappa shape index (κ2) is 7.21. The van der Waals surface area contributed by atoms with Crippen LogP contribution in [0.15, 0.2) is 53.5 Å². The first-order chi connectivity index (χ1) is 12.3. The summed E-state index contributed by atoms with van der Waals surface area (Å²) in [7, 11) is 0. The van der Waals surface area contributed by atoms with Crippen molar-refractivity contribution in [2.75, 3.05) is 31.1 Å². The molecule has 2 aromatic heterocycles. The minimum atomic E-state index is 0.710. The van der Waals surface area contributed by atoms with Gasteiger partial charge in [-0.1, -0.05) is 11.6 Å². The first kappa shape index (κ1) is 16.1. The van der Waals surface area contributed by atoms with Crippen molar-refractivity contribution >= 4 is 17.4 Å². The molecule has 0 bridgehead atoms. The molecule has 3 heterocycles. The van der Waals surface area contributed by atoms with Crippen molar-refractivity contribution in [3.63, 3.8) is 0 Å². The SMILES string of the molecule is Clc1ccc(-c2cnc(CN3CCN(c4cnccn4)CC3)o2)cc1. The number of aromatic nitrogens is 3. The van der Waals surface area contributed by atoms with Crippen LogP contribution in [-0.4, -0.2) is 46.0 Å². The second-order valence-electron chi connectivity index (χ2n) is 5.95. The summed E-state index contributed by atoms with van der Waals surface area (Å²) in [4.78, 5) is 17.5. The lowest BCUT2D eigenvalue weighted by Crippen LogP contribution is -2.46. The molecule has 6 nitrogen and oxygen atoms in total. The Kier molecular flexibility index (Phi) is 4.63. The average molecular weight is 356 g/mol. The molecule has 25 heavy (non-hydrogen) atoms. The highest BCUT2D eigenvalue weighted by atomic mass is 35.5. The van der Waals surface area contributed by atoms with Crippen molar-refractivity contribution in [2.24, 2.45) is 0 Å². The van der Waals surface area contributed by atoms with Gasteiger partial charge >= 0.3 is 0 Å². The van der Waals surface area contributed by atoms with Gasteiger partial charge in [-0.05, 0) is 24.3 Å². The van der Waals surface area contributed by atoms with E-state index < -0.39 is 0 Å². The highest BCUT2D eigenvalue weighted by molar-refractivity contribution is 6.30. The molecule has 7 heteroatoms. The maximum atomic E-state index is 5.92. The molecule has 0 aliphatic carbocycles. The molecule has 0 spiro atoms. The van der Waals surface area contributed by atoms with Crippen LogP contribution < -0.4 is 4.90 Å². The molecule has 128 valence electrons. The van der Waals surface area contributed by atoms with Crippen molar-refractivity contribution < 1.29 is 4.42 Å². The third-order valence-electron chi connectivity index (χ3n) is 4.29. The van der Waals surface area contributed by atoms with Crippen LogP contribution in [0.3, 0.4) is 0 Å². The van der Waals surface area contributed by atoms with E-state index in [9.17, 15) is 0 Å². The fourth-order valence-corrected chi connectivity index (χ4v) is 3.04. The van der Waals surface area contributed by atoms with Crippen LogP contribution in [0.2, 0.25) is 5.02 Å². The highest BCUT2D eigenvalue weighted by Crippen LogP contribution is 2.23. The lowest BCUT2D eigenvalue weighted by atomic mass is 10.2. The molecule has 4 rings (SSSR count). The van der Waals surface area contributed by atoms with E-state index in [2.05, 4.69) is 24.8 Å². The summed E-state index contributed by atoms with van der Waals surface area (Å²) in [5, 5.41) is 0.712. The topological polar surface area (TPSA) is 58.3 Å². The molecule has 1 fully saturated rings. The fraction of sp³-hybridized carbons (Fsp3) is 0.278. The van der Waals surface area contributed by atoms with Gasteiger partial charge in [0.2, 0.25) is 5.89 Å². The summed E-state index contributed by atoms with van der Waals surface area (Å²) >= 11 is 5.92. The zero-order valence-electron chi connectivity index (χ0n) is 13.7. The quantitative estimate of drug-likeness (QED) is 0.716. The molecule has 0 radical (unpaired) electrons. The van der Waals surface area contributed by atoms with E-state index in [0.29, 0.717) is 11.6 Å². The lowest BCUT2D eigenvalue weighted by Gasteiger charge is -2.34. The number of nitrogens with zero attached hydrogens (tertiary/aromatic N) is 5. The van der Waals surface area contributed by atoms with Crippen molar-refractivity contribution in [1.82, 2.24) is 19.9 Å². The van der Waals surface area contributed by atoms with Gasteiger partial charge in [-0.2, -0.15) is 0 Å².